The van der Waals surface area contributed by atoms with Gasteiger partial charge < -0.3 is 9.64 Å². The van der Waals surface area contributed by atoms with Crippen LogP contribution in [0.15, 0.2) is 12.3 Å². The lowest BCUT2D eigenvalue weighted by molar-refractivity contribution is -0.385. The van der Waals surface area contributed by atoms with E-state index in [9.17, 15) is 10.1 Å². The highest BCUT2D eigenvalue weighted by molar-refractivity contribution is 6.33. The number of rotatable bonds is 3. The highest BCUT2D eigenvalue weighted by Gasteiger charge is 2.32. The van der Waals surface area contributed by atoms with Crippen LogP contribution in [-0.2, 0) is 4.74 Å². The number of aromatic nitrogens is 1. The summed E-state index contributed by atoms with van der Waals surface area (Å²) in [6.45, 7) is 6.06. The van der Waals surface area contributed by atoms with Gasteiger partial charge in [0, 0.05) is 19.2 Å². The lowest BCUT2D eigenvalue weighted by atomic mass is 10.0. The topological polar surface area (TPSA) is 68.5 Å². The van der Waals surface area contributed by atoms with Crippen molar-refractivity contribution in [2.45, 2.75) is 25.9 Å². The summed E-state index contributed by atoms with van der Waals surface area (Å²) < 4.78 is 5.75. The third-order valence-corrected chi connectivity index (χ3v) is 3.68. The maximum Gasteiger partial charge on any atom is 0.289 e. The predicted molar refractivity (Wildman–Crippen MR) is 72.8 cm³/mol. The maximum absolute atomic E-state index is 10.7. The van der Waals surface area contributed by atoms with Gasteiger partial charge in [-0.25, -0.2) is 4.98 Å². The van der Waals surface area contributed by atoms with Crippen molar-refractivity contribution in [1.29, 1.82) is 0 Å². The summed E-state index contributed by atoms with van der Waals surface area (Å²) in [5.74, 6) is 0.579. The number of hydrogen-bond acceptors (Lipinski definition) is 5. The average molecular weight is 286 g/mol. The van der Waals surface area contributed by atoms with Gasteiger partial charge in [0.2, 0.25) is 0 Å². The largest absolute Gasteiger partial charge is 0.372 e. The molecule has 0 saturated carbocycles. The lowest BCUT2D eigenvalue weighted by Gasteiger charge is -2.40. The van der Waals surface area contributed by atoms with Crippen molar-refractivity contribution in [2.75, 3.05) is 24.6 Å². The molecule has 1 aromatic rings. The van der Waals surface area contributed by atoms with Crippen molar-refractivity contribution >= 4 is 23.1 Å². The minimum absolute atomic E-state index is 0.0970. The molecule has 1 saturated heterocycles. The van der Waals surface area contributed by atoms with Crippen LogP contribution in [0.2, 0.25) is 5.02 Å². The summed E-state index contributed by atoms with van der Waals surface area (Å²) in [5.41, 5.74) is -0.328. The summed E-state index contributed by atoms with van der Waals surface area (Å²) in [6.07, 6.45) is 2.12. The van der Waals surface area contributed by atoms with Crippen LogP contribution in [0.1, 0.15) is 20.3 Å². The first kappa shape index (κ1) is 14.0. The molecule has 0 radical (unpaired) electrons. The first-order valence-electron chi connectivity index (χ1n) is 6.14. The van der Waals surface area contributed by atoms with Gasteiger partial charge in [0.25, 0.3) is 5.69 Å². The molecule has 1 aliphatic rings. The second-order valence-electron chi connectivity index (χ2n) is 4.83. The molecule has 1 atom stereocenters. The van der Waals surface area contributed by atoms with E-state index in [1.165, 1.54) is 12.3 Å². The van der Waals surface area contributed by atoms with Crippen LogP contribution in [0.25, 0.3) is 0 Å². The van der Waals surface area contributed by atoms with Gasteiger partial charge in [0.1, 0.15) is 12.0 Å². The quantitative estimate of drug-likeness (QED) is 0.631. The molecule has 19 heavy (non-hydrogen) atoms. The number of nitrogens with zero attached hydrogens (tertiary/aromatic N) is 3. The molecular formula is C12H16ClN3O3. The fourth-order valence-corrected chi connectivity index (χ4v) is 2.36. The summed E-state index contributed by atoms with van der Waals surface area (Å²) in [5, 5.41) is 11.0. The zero-order chi connectivity index (χ0) is 14.0. The number of hydrogen-bond donors (Lipinski definition) is 0. The van der Waals surface area contributed by atoms with Crippen molar-refractivity contribution in [3.63, 3.8) is 0 Å². The Morgan fingerprint density at radius 3 is 3.00 bits per heavy atom. The Kier molecular flexibility index (Phi) is 3.91. The van der Waals surface area contributed by atoms with Crippen LogP contribution in [0, 0.1) is 10.1 Å². The van der Waals surface area contributed by atoms with Gasteiger partial charge in [-0.3, -0.25) is 10.1 Å². The van der Waals surface area contributed by atoms with Crippen LogP contribution in [0.4, 0.5) is 11.5 Å². The summed E-state index contributed by atoms with van der Waals surface area (Å²) in [6, 6.07) is 1.34. The minimum atomic E-state index is -0.502. The first-order chi connectivity index (χ1) is 8.95. The fraction of sp³-hybridized carbons (Fsp3) is 0.583. The smallest absolute Gasteiger partial charge is 0.289 e. The average Bonchev–Trinajstić information content (AvgIpc) is 2.38. The summed E-state index contributed by atoms with van der Waals surface area (Å²) in [7, 11) is 0. The zero-order valence-corrected chi connectivity index (χ0v) is 11.7. The van der Waals surface area contributed by atoms with Crippen LogP contribution in [0.5, 0.6) is 0 Å². The van der Waals surface area contributed by atoms with Crippen molar-refractivity contribution in [2.24, 2.45) is 0 Å². The van der Waals surface area contributed by atoms with Crippen LogP contribution in [-0.4, -0.2) is 35.2 Å². The fourth-order valence-electron chi connectivity index (χ4n) is 2.08. The monoisotopic (exact) mass is 285 g/mol. The van der Waals surface area contributed by atoms with E-state index < -0.39 is 4.92 Å². The molecule has 0 spiro atoms. The summed E-state index contributed by atoms with van der Waals surface area (Å²) in [4.78, 5) is 16.3. The van der Waals surface area contributed by atoms with Gasteiger partial charge in [-0.1, -0.05) is 18.5 Å². The number of ether oxygens (including phenoxy) is 1. The Balaban J connectivity index is 2.24. The molecule has 1 aromatic heterocycles. The molecule has 0 aliphatic carbocycles. The van der Waals surface area contributed by atoms with Gasteiger partial charge >= 0.3 is 0 Å². The van der Waals surface area contributed by atoms with Crippen molar-refractivity contribution in [3.05, 3.63) is 27.4 Å². The Labute approximate surface area is 116 Å². The first-order valence-corrected chi connectivity index (χ1v) is 6.52. The van der Waals surface area contributed by atoms with Gasteiger partial charge in [-0.15, -0.1) is 0 Å². The Bertz CT molecular complexity index is 497. The van der Waals surface area contributed by atoms with Crippen LogP contribution >= 0.6 is 11.6 Å². The number of anilines is 1. The molecule has 2 heterocycles. The van der Waals surface area contributed by atoms with E-state index in [2.05, 4.69) is 11.9 Å². The van der Waals surface area contributed by atoms with E-state index in [0.29, 0.717) is 30.5 Å². The molecule has 6 nitrogen and oxygen atoms in total. The number of halogens is 1. The van der Waals surface area contributed by atoms with Gasteiger partial charge in [0.15, 0.2) is 0 Å². The van der Waals surface area contributed by atoms with Crippen LogP contribution < -0.4 is 4.90 Å². The van der Waals surface area contributed by atoms with Crippen LogP contribution in [0.3, 0.4) is 0 Å². The third-order valence-electron chi connectivity index (χ3n) is 3.40. The lowest BCUT2D eigenvalue weighted by Crippen LogP contribution is -2.50. The third kappa shape index (κ3) is 2.96. The highest BCUT2D eigenvalue weighted by atomic mass is 35.5. The van der Waals surface area contributed by atoms with Gasteiger partial charge in [-0.05, 0) is 13.3 Å². The van der Waals surface area contributed by atoms with Gasteiger partial charge in [0.05, 0.1) is 22.2 Å². The standard InChI is InChI=1S/C12H16ClN3O3/c1-3-12(2)8-15(4-5-19-12)11-10(13)6-9(7-14-11)16(17)18/h6-7H,3-5,8H2,1-2H3. The molecule has 0 amide bonds. The molecule has 0 N–H and O–H groups in total. The molecule has 2 rings (SSSR count). The second-order valence-corrected chi connectivity index (χ2v) is 5.24. The molecule has 1 unspecified atom stereocenters. The van der Waals surface area contributed by atoms with E-state index in [-0.39, 0.29) is 11.3 Å². The van der Waals surface area contributed by atoms with E-state index in [4.69, 9.17) is 16.3 Å². The zero-order valence-electron chi connectivity index (χ0n) is 10.9. The van der Waals surface area contributed by atoms with Crippen molar-refractivity contribution < 1.29 is 9.66 Å². The minimum Gasteiger partial charge on any atom is -0.372 e. The van der Waals surface area contributed by atoms with E-state index in [0.717, 1.165) is 6.42 Å². The Morgan fingerprint density at radius 2 is 2.42 bits per heavy atom. The Morgan fingerprint density at radius 1 is 1.68 bits per heavy atom. The number of nitro groups is 1. The second kappa shape index (κ2) is 5.30. The predicted octanol–water partition coefficient (Wildman–Crippen LogP) is 2.65. The maximum atomic E-state index is 10.7. The normalized spacial score (nSPS) is 23.4. The number of morpholine rings is 1. The molecule has 104 valence electrons. The SMILES string of the molecule is CCC1(C)CN(c2ncc([N+](=O)[O-])cc2Cl)CCO1. The van der Waals surface area contributed by atoms with E-state index in [1.54, 1.807) is 0 Å². The number of pyridine rings is 1. The molecule has 0 aromatic carbocycles. The molecule has 0 bridgehead atoms. The molecular weight excluding hydrogens is 270 g/mol. The van der Waals surface area contributed by atoms with Crippen molar-refractivity contribution in [1.82, 2.24) is 4.98 Å². The Hall–Kier alpha value is -1.40. The highest BCUT2D eigenvalue weighted by Crippen LogP contribution is 2.31. The molecule has 7 heteroatoms. The summed E-state index contributed by atoms with van der Waals surface area (Å²) >= 11 is 6.09. The van der Waals surface area contributed by atoms with E-state index >= 15 is 0 Å². The van der Waals surface area contributed by atoms with E-state index in [1.807, 2.05) is 11.8 Å². The molecule has 1 aliphatic heterocycles. The van der Waals surface area contributed by atoms with Gasteiger partial charge in [-0.2, -0.15) is 0 Å². The molecule has 1 fully saturated rings. The van der Waals surface area contributed by atoms with Crippen molar-refractivity contribution in [3.8, 4) is 0 Å².